The van der Waals surface area contributed by atoms with Gasteiger partial charge in [-0.2, -0.15) is 0 Å². The lowest BCUT2D eigenvalue weighted by atomic mass is 9.42. The van der Waals surface area contributed by atoms with E-state index >= 15 is 0 Å². The molecular formula is C11H9F2I. The summed E-state index contributed by atoms with van der Waals surface area (Å²) in [4.78, 5) is 0. The Labute approximate surface area is 94.8 Å². The number of rotatable bonds is 1. The monoisotopic (exact) mass is 306 g/mol. The van der Waals surface area contributed by atoms with Gasteiger partial charge in [0, 0.05) is 8.84 Å². The highest BCUT2D eigenvalue weighted by Gasteiger charge is 2.67. The Hall–Kier alpha value is -0.190. The van der Waals surface area contributed by atoms with Crippen molar-refractivity contribution in [2.24, 2.45) is 0 Å². The fourth-order valence-corrected chi connectivity index (χ4v) is 5.05. The van der Waals surface area contributed by atoms with Crippen LogP contribution < -0.4 is 0 Å². The highest BCUT2D eigenvalue weighted by molar-refractivity contribution is 14.1. The normalized spacial score (nSPS) is 38.8. The zero-order chi connectivity index (χ0) is 9.97. The molecule has 1 aromatic carbocycles. The molecule has 3 aliphatic rings. The number of hydrogen-bond donors (Lipinski definition) is 0. The van der Waals surface area contributed by atoms with Crippen molar-refractivity contribution in [2.45, 2.75) is 28.1 Å². The average Bonchev–Trinajstić information content (AvgIpc) is 2.03. The molecule has 0 nitrogen and oxygen atoms in total. The maximum absolute atomic E-state index is 13.5. The summed E-state index contributed by atoms with van der Waals surface area (Å²) in [5, 5.41) is 0. The molecule has 3 heteroatoms. The van der Waals surface area contributed by atoms with Gasteiger partial charge in [0.1, 0.15) is 0 Å². The van der Waals surface area contributed by atoms with Crippen LogP contribution in [-0.4, -0.2) is 3.42 Å². The van der Waals surface area contributed by atoms with Crippen LogP contribution in [-0.2, 0) is 5.41 Å². The third-order valence-corrected chi connectivity index (χ3v) is 4.63. The summed E-state index contributed by atoms with van der Waals surface area (Å²) < 4.78 is 26.9. The van der Waals surface area contributed by atoms with Crippen LogP contribution >= 0.6 is 22.6 Å². The van der Waals surface area contributed by atoms with Crippen molar-refractivity contribution < 1.29 is 8.78 Å². The van der Waals surface area contributed by atoms with Crippen LogP contribution in [0, 0.1) is 11.6 Å². The zero-order valence-electron chi connectivity index (χ0n) is 7.49. The van der Waals surface area contributed by atoms with Crippen molar-refractivity contribution in [2.75, 3.05) is 0 Å². The van der Waals surface area contributed by atoms with E-state index in [-0.39, 0.29) is 5.41 Å². The summed E-state index contributed by atoms with van der Waals surface area (Å²) in [6, 6.07) is 4.52. The predicted octanol–water partition coefficient (Wildman–Crippen LogP) is 3.57. The number of hydrogen-bond acceptors (Lipinski definition) is 0. The Morgan fingerprint density at radius 3 is 2.36 bits per heavy atom. The van der Waals surface area contributed by atoms with E-state index in [1.807, 2.05) is 0 Å². The predicted molar refractivity (Wildman–Crippen MR) is 58.6 cm³/mol. The third kappa shape index (κ3) is 0.965. The molecule has 3 aliphatic carbocycles. The minimum Gasteiger partial charge on any atom is -0.204 e. The molecule has 14 heavy (non-hydrogen) atoms. The van der Waals surface area contributed by atoms with Crippen molar-refractivity contribution in [1.82, 2.24) is 0 Å². The largest absolute Gasteiger partial charge is 0.204 e. The molecule has 0 N–H and O–H groups in total. The number of alkyl halides is 1. The smallest absolute Gasteiger partial charge is 0.162 e. The summed E-state index contributed by atoms with van der Waals surface area (Å²) >= 11 is 2.43. The van der Waals surface area contributed by atoms with Crippen LogP contribution in [0.15, 0.2) is 18.2 Å². The molecule has 1 aromatic rings. The Kier molecular flexibility index (Phi) is 1.61. The Morgan fingerprint density at radius 2 is 1.79 bits per heavy atom. The van der Waals surface area contributed by atoms with E-state index in [0.29, 0.717) is 8.99 Å². The lowest BCUT2D eigenvalue weighted by Gasteiger charge is -2.68. The quantitative estimate of drug-likeness (QED) is 0.549. The van der Waals surface area contributed by atoms with Gasteiger partial charge in [-0.15, -0.1) is 0 Å². The molecule has 74 valence electrons. The second-order valence-corrected chi connectivity index (χ2v) is 6.85. The minimum atomic E-state index is -0.713. The fourth-order valence-electron chi connectivity index (χ4n) is 2.86. The van der Waals surface area contributed by atoms with Crippen molar-refractivity contribution in [3.05, 3.63) is 35.4 Å². The summed E-state index contributed by atoms with van der Waals surface area (Å²) in [5.74, 6) is -1.35. The summed E-state index contributed by atoms with van der Waals surface area (Å²) in [6.45, 7) is 0. The maximum atomic E-state index is 13.5. The fraction of sp³-hybridized carbons (Fsp3) is 0.455. The number of halogens is 3. The lowest BCUT2D eigenvalue weighted by molar-refractivity contribution is 0.0182. The molecule has 0 unspecified atom stereocenters. The number of benzene rings is 1. The van der Waals surface area contributed by atoms with E-state index in [1.54, 1.807) is 12.1 Å². The van der Waals surface area contributed by atoms with Gasteiger partial charge in [0.25, 0.3) is 0 Å². The first-order valence-electron chi connectivity index (χ1n) is 4.68. The second-order valence-electron chi connectivity index (χ2n) is 4.56. The van der Waals surface area contributed by atoms with Crippen LogP contribution in [0.1, 0.15) is 24.8 Å². The standard InChI is InChI=1S/C11H9F2I/c12-8-3-1-2-7(9(8)13)10-4-11(14,5-10)6-10/h1-3H,4-6H2. The van der Waals surface area contributed by atoms with Crippen LogP contribution in [0.25, 0.3) is 0 Å². The van der Waals surface area contributed by atoms with Gasteiger partial charge >= 0.3 is 0 Å². The van der Waals surface area contributed by atoms with Gasteiger partial charge < -0.3 is 0 Å². The third-order valence-electron chi connectivity index (χ3n) is 3.49. The summed E-state index contributed by atoms with van der Waals surface area (Å²) in [6.07, 6.45) is 3.04. The zero-order valence-corrected chi connectivity index (χ0v) is 9.64. The van der Waals surface area contributed by atoms with Gasteiger partial charge in [-0.05, 0) is 30.9 Å². The molecule has 0 amide bonds. The molecule has 0 radical (unpaired) electrons. The molecule has 0 aromatic heterocycles. The van der Waals surface area contributed by atoms with Crippen molar-refractivity contribution in [3.8, 4) is 0 Å². The first-order chi connectivity index (χ1) is 6.55. The lowest BCUT2D eigenvalue weighted by Crippen LogP contribution is -2.66. The Balaban J connectivity index is 2.02. The van der Waals surface area contributed by atoms with E-state index in [4.69, 9.17) is 0 Å². The first kappa shape index (κ1) is 9.07. The highest BCUT2D eigenvalue weighted by atomic mass is 127. The molecule has 4 rings (SSSR count). The average molecular weight is 306 g/mol. The van der Waals surface area contributed by atoms with Gasteiger partial charge in [-0.1, -0.05) is 34.7 Å². The molecule has 0 atom stereocenters. The van der Waals surface area contributed by atoms with E-state index in [2.05, 4.69) is 22.6 Å². The molecule has 0 aliphatic heterocycles. The maximum Gasteiger partial charge on any atom is 0.162 e. The van der Waals surface area contributed by atoms with Crippen molar-refractivity contribution >= 4 is 22.6 Å². The first-order valence-corrected chi connectivity index (χ1v) is 5.76. The molecule has 3 saturated carbocycles. The molecule has 0 saturated heterocycles. The van der Waals surface area contributed by atoms with Gasteiger partial charge in [0.15, 0.2) is 11.6 Å². The topological polar surface area (TPSA) is 0 Å². The van der Waals surface area contributed by atoms with E-state index < -0.39 is 11.6 Å². The molecule has 0 spiro atoms. The molecule has 0 heterocycles. The summed E-state index contributed by atoms with van der Waals surface area (Å²) in [5.41, 5.74) is 0.573. The van der Waals surface area contributed by atoms with Gasteiger partial charge in [0.05, 0.1) is 0 Å². The van der Waals surface area contributed by atoms with E-state index in [0.717, 1.165) is 19.3 Å². The van der Waals surface area contributed by atoms with Crippen LogP contribution in [0.5, 0.6) is 0 Å². The van der Waals surface area contributed by atoms with Gasteiger partial charge in [0.2, 0.25) is 0 Å². The minimum absolute atomic E-state index is 0.0205. The molecule has 2 bridgehead atoms. The highest BCUT2D eigenvalue weighted by Crippen LogP contribution is 2.72. The van der Waals surface area contributed by atoms with Gasteiger partial charge in [-0.3, -0.25) is 0 Å². The van der Waals surface area contributed by atoms with Crippen LogP contribution in [0.2, 0.25) is 0 Å². The Bertz CT molecular complexity index is 394. The van der Waals surface area contributed by atoms with Crippen molar-refractivity contribution in [1.29, 1.82) is 0 Å². The SMILES string of the molecule is Fc1cccc(C23CC(I)(C2)C3)c1F. The van der Waals surface area contributed by atoms with Gasteiger partial charge in [-0.25, -0.2) is 8.78 Å². The molecular weight excluding hydrogens is 297 g/mol. The van der Waals surface area contributed by atoms with Crippen LogP contribution in [0.3, 0.4) is 0 Å². The summed E-state index contributed by atoms with van der Waals surface area (Å²) in [7, 11) is 0. The van der Waals surface area contributed by atoms with E-state index in [1.165, 1.54) is 6.07 Å². The second kappa shape index (κ2) is 2.49. The van der Waals surface area contributed by atoms with Crippen LogP contribution in [0.4, 0.5) is 8.78 Å². The van der Waals surface area contributed by atoms with Crippen molar-refractivity contribution in [3.63, 3.8) is 0 Å². The Morgan fingerprint density at radius 1 is 1.14 bits per heavy atom. The van der Waals surface area contributed by atoms with E-state index in [9.17, 15) is 8.78 Å². The molecule has 3 fully saturated rings.